The lowest BCUT2D eigenvalue weighted by Gasteiger charge is -2.23. The number of nitrogens with one attached hydrogen (secondary N) is 1. The summed E-state index contributed by atoms with van der Waals surface area (Å²) in [7, 11) is 0. The smallest absolute Gasteiger partial charge is 0.161 e. The quantitative estimate of drug-likeness (QED) is 0.764. The van der Waals surface area contributed by atoms with E-state index >= 15 is 0 Å². The van der Waals surface area contributed by atoms with E-state index in [4.69, 9.17) is 9.47 Å². The van der Waals surface area contributed by atoms with Gasteiger partial charge in [0.05, 0.1) is 11.4 Å². The summed E-state index contributed by atoms with van der Waals surface area (Å²) in [6.45, 7) is 4.13. The van der Waals surface area contributed by atoms with Crippen LogP contribution in [-0.4, -0.2) is 22.6 Å². The Hall–Kier alpha value is -2.53. The second-order valence-corrected chi connectivity index (χ2v) is 7.17. The molecule has 0 bridgehead atoms. The summed E-state index contributed by atoms with van der Waals surface area (Å²) < 4.78 is 13.6. The summed E-state index contributed by atoms with van der Waals surface area (Å²) in [4.78, 5) is 4.67. The zero-order valence-corrected chi connectivity index (χ0v) is 14.9. The monoisotopic (exact) mass is 349 g/mol. The van der Waals surface area contributed by atoms with Crippen molar-refractivity contribution in [1.82, 2.24) is 14.7 Å². The van der Waals surface area contributed by atoms with Crippen molar-refractivity contribution in [1.29, 1.82) is 0 Å². The Morgan fingerprint density at radius 2 is 2.00 bits per heavy atom. The predicted octanol–water partition coefficient (Wildman–Crippen LogP) is 3.65. The molecule has 1 aliphatic heterocycles. The maximum Gasteiger partial charge on any atom is 0.161 e. The number of rotatable bonds is 5. The first kappa shape index (κ1) is 15.7. The molecule has 5 heteroatoms. The maximum atomic E-state index is 5.77. The molecule has 1 aromatic carbocycles. The van der Waals surface area contributed by atoms with E-state index in [9.17, 15) is 0 Å². The summed E-state index contributed by atoms with van der Waals surface area (Å²) in [5.74, 6) is 2.41. The van der Waals surface area contributed by atoms with Crippen molar-refractivity contribution in [2.24, 2.45) is 5.92 Å². The van der Waals surface area contributed by atoms with Crippen LogP contribution >= 0.6 is 0 Å². The van der Waals surface area contributed by atoms with Crippen LogP contribution < -0.4 is 14.8 Å². The molecule has 1 atom stereocenters. The molecule has 1 fully saturated rings. The van der Waals surface area contributed by atoms with E-state index in [1.807, 2.05) is 12.1 Å². The van der Waals surface area contributed by atoms with E-state index in [0.29, 0.717) is 25.2 Å². The largest absolute Gasteiger partial charge is 0.486 e. The summed E-state index contributed by atoms with van der Waals surface area (Å²) in [6.07, 6.45) is 4.64. The Morgan fingerprint density at radius 3 is 2.85 bits per heavy atom. The van der Waals surface area contributed by atoms with Crippen LogP contribution in [0.3, 0.4) is 0 Å². The van der Waals surface area contributed by atoms with E-state index in [1.54, 1.807) is 0 Å². The van der Waals surface area contributed by atoms with Crippen molar-refractivity contribution in [2.45, 2.75) is 32.4 Å². The molecule has 2 aliphatic rings. The normalized spacial score (nSPS) is 17.4. The van der Waals surface area contributed by atoms with Crippen LogP contribution in [0.2, 0.25) is 0 Å². The zero-order valence-electron chi connectivity index (χ0n) is 14.9. The maximum absolute atomic E-state index is 5.77. The van der Waals surface area contributed by atoms with Gasteiger partial charge >= 0.3 is 0 Å². The van der Waals surface area contributed by atoms with Crippen molar-refractivity contribution in [2.75, 3.05) is 13.2 Å². The van der Waals surface area contributed by atoms with Crippen molar-refractivity contribution in [3.8, 4) is 11.5 Å². The third-order valence-corrected chi connectivity index (χ3v) is 5.34. The lowest BCUT2D eigenvalue weighted by atomic mass is 10.0. The van der Waals surface area contributed by atoms with Crippen LogP contribution in [0, 0.1) is 12.8 Å². The van der Waals surface area contributed by atoms with Crippen molar-refractivity contribution in [3.05, 3.63) is 59.5 Å². The Bertz CT molecular complexity index is 946. The molecule has 1 saturated carbocycles. The van der Waals surface area contributed by atoms with Gasteiger partial charge in [-0.25, -0.2) is 4.98 Å². The van der Waals surface area contributed by atoms with E-state index < -0.39 is 0 Å². The molecule has 0 spiro atoms. The number of imidazole rings is 1. The lowest BCUT2D eigenvalue weighted by Crippen LogP contribution is -2.24. The molecule has 0 radical (unpaired) electrons. The fourth-order valence-corrected chi connectivity index (χ4v) is 3.82. The highest BCUT2D eigenvalue weighted by Crippen LogP contribution is 2.43. The molecule has 5 rings (SSSR count). The number of pyridine rings is 1. The first-order valence-electron chi connectivity index (χ1n) is 9.35. The molecule has 1 N–H and O–H groups in total. The number of aromatic nitrogens is 2. The van der Waals surface area contributed by atoms with E-state index in [2.05, 4.69) is 52.1 Å². The van der Waals surface area contributed by atoms with Crippen LogP contribution in [0.15, 0.2) is 42.6 Å². The van der Waals surface area contributed by atoms with Crippen molar-refractivity contribution < 1.29 is 9.47 Å². The number of benzene rings is 1. The Balaban J connectivity index is 1.41. The topological polar surface area (TPSA) is 47.8 Å². The van der Waals surface area contributed by atoms with Gasteiger partial charge in [-0.1, -0.05) is 12.1 Å². The average Bonchev–Trinajstić information content (AvgIpc) is 3.45. The number of hydrogen-bond acceptors (Lipinski definition) is 4. The average molecular weight is 349 g/mol. The predicted molar refractivity (Wildman–Crippen MR) is 99.7 cm³/mol. The highest BCUT2D eigenvalue weighted by atomic mass is 16.6. The zero-order chi connectivity index (χ0) is 17.5. The van der Waals surface area contributed by atoms with Gasteiger partial charge < -0.3 is 19.2 Å². The second-order valence-electron chi connectivity index (χ2n) is 7.17. The molecule has 3 heterocycles. The summed E-state index contributed by atoms with van der Waals surface area (Å²) >= 11 is 0. The molecule has 2 aromatic heterocycles. The van der Waals surface area contributed by atoms with Gasteiger partial charge in [-0.15, -0.1) is 0 Å². The molecule has 26 heavy (non-hydrogen) atoms. The molecule has 5 nitrogen and oxygen atoms in total. The molecule has 3 aromatic rings. The fraction of sp³-hybridized carbons (Fsp3) is 0.381. The standard InChI is InChI=1S/C21H23N3O2/c1-14-17(24-9-3-2-4-20(24)23-14)13-22-21(15-5-6-15)16-7-8-18-19(12-16)26-11-10-25-18/h2-4,7-9,12,15,21-22H,5-6,10-11,13H2,1H3/t21-/m0/s1. The minimum absolute atomic E-state index is 0.333. The summed E-state index contributed by atoms with van der Waals surface area (Å²) in [5.41, 5.74) is 4.59. The number of aryl methyl sites for hydroxylation is 1. The Morgan fingerprint density at radius 1 is 1.15 bits per heavy atom. The van der Waals surface area contributed by atoms with E-state index in [1.165, 1.54) is 24.1 Å². The first-order chi connectivity index (χ1) is 12.8. The molecule has 0 saturated heterocycles. The number of ether oxygens (including phenoxy) is 2. The van der Waals surface area contributed by atoms with Gasteiger partial charge in [0.25, 0.3) is 0 Å². The number of hydrogen-bond donors (Lipinski definition) is 1. The van der Waals surface area contributed by atoms with Gasteiger partial charge in [-0.2, -0.15) is 0 Å². The van der Waals surface area contributed by atoms with Crippen LogP contribution in [0.5, 0.6) is 11.5 Å². The van der Waals surface area contributed by atoms with Gasteiger partial charge in [-0.3, -0.25) is 0 Å². The third-order valence-electron chi connectivity index (χ3n) is 5.34. The van der Waals surface area contributed by atoms with Gasteiger partial charge in [0.15, 0.2) is 11.5 Å². The highest BCUT2D eigenvalue weighted by Gasteiger charge is 2.33. The summed E-state index contributed by atoms with van der Waals surface area (Å²) in [5, 5.41) is 3.78. The Kier molecular flexibility index (Phi) is 3.82. The number of nitrogens with zero attached hydrogens (tertiary/aromatic N) is 2. The molecule has 134 valence electrons. The van der Waals surface area contributed by atoms with Gasteiger partial charge in [0.1, 0.15) is 18.9 Å². The van der Waals surface area contributed by atoms with Crippen molar-refractivity contribution >= 4 is 5.65 Å². The molecule has 0 amide bonds. The molecular formula is C21H23N3O2. The lowest BCUT2D eigenvalue weighted by molar-refractivity contribution is 0.171. The fourth-order valence-electron chi connectivity index (χ4n) is 3.82. The van der Waals surface area contributed by atoms with E-state index in [-0.39, 0.29) is 0 Å². The second kappa shape index (κ2) is 6.32. The minimum Gasteiger partial charge on any atom is -0.486 e. The van der Waals surface area contributed by atoms with Crippen LogP contribution in [0.25, 0.3) is 5.65 Å². The Labute approximate surface area is 153 Å². The first-order valence-corrected chi connectivity index (χ1v) is 9.35. The van der Waals surface area contributed by atoms with Crippen LogP contribution in [0.1, 0.15) is 35.8 Å². The highest BCUT2D eigenvalue weighted by molar-refractivity contribution is 5.45. The van der Waals surface area contributed by atoms with Crippen molar-refractivity contribution in [3.63, 3.8) is 0 Å². The van der Waals surface area contributed by atoms with Crippen LogP contribution in [0.4, 0.5) is 0 Å². The summed E-state index contributed by atoms with van der Waals surface area (Å²) in [6, 6.07) is 12.8. The van der Waals surface area contributed by atoms with Gasteiger partial charge in [0.2, 0.25) is 0 Å². The van der Waals surface area contributed by atoms with E-state index in [0.717, 1.165) is 29.4 Å². The third kappa shape index (κ3) is 2.82. The number of fused-ring (bicyclic) bond motifs is 2. The molecular weight excluding hydrogens is 326 g/mol. The van der Waals surface area contributed by atoms with Crippen LogP contribution in [-0.2, 0) is 6.54 Å². The molecule has 0 unspecified atom stereocenters. The molecule has 1 aliphatic carbocycles. The SMILES string of the molecule is Cc1nc2ccccn2c1CN[C@H](c1ccc2c(c1)OCCO2)C1CC1. The van der Waals surface area contributed by atoms with Gasteiger partial charge in [0, 0.05) is 18.8 Å². The minimum atomic E-state index is 0.333. The van der Waals surface area contributed by atoms with Gasteiger partial charge in [-0.05, 0) is 55.5 Å².